The second kappa shape index (κ2) is 11.0. The Morgan fingerprint density at radius 2 is 1.90 bits per heavy atom. The molecule has 0 saturated carbocycles. The van der Waals surface area contributed by atoms with Crippen LogP contribution in [0.25, 0.3) is 22.4 Å². The van der Waals surface area contributed by atoms with E-state index >= 15 is 0 Å². The Hall–Kier alpha value is -4.13. The van der Waals surface area contributed by atoms with E-state index in [2.05, 4.69) is 20.3 Å². The van der Waals surface area contributed by atoms with E-state index in [1.165, 1.54) is 6.20 Å². The van der Waals surface area contributed by atoms with E-state index in [1.807, 2.05) is 0 Å². The van der Waals surface area contributed by atoms with E-state index < -0.39 is 33.4 Å². The van der Waals surface area contributed by atoms with Crippen LogP contribution in [-0.4, -0.2) is 63.1 Å². The number of carbonyl (C=O) groups excluding carboxylic acids is 1. The Labute approximate surface area is 236 Å². The molecular weight excluding hydrogens is 554 g/mol. The number of likely N-dealkylation sites (tertiary alicyclic amines) is 1. The summed E-state index contributed by atoms with van der Waals surface area (Å²) in [6.07, 6.45) is 4.05. The molecule has 1 fully saturated rings. The van der Waals surface area contributed by atoms with Gasteiger partial charge in [-0.3, -0.25) is 0 Å². The summed E-state index contributed by atoms with van der Waals surface area (Å²) in [7, 11) is -3.97. The van der Waals surface area contributed by atoms with Crippen LogP contribution in [0.1, 0.15) is 39.2 Å². The van der Waals surface area contributed by atoms with Crippen molar-refractivity contribution >= 4 is 33.0 Å². The minimum Gasteiger partial charge on any atom is -0.444 e. The van der Waals surface area contributed by atoms with Gasteiger partial charge in [0.15, 0.2) is 23.1 Å². The van der Waals surface area contributed by atoms with E-state index in [-0.39, 0.29) is 46.6 Å². The summed E-state index contributed by atoms with van der Waals surface area (Å²) in [5.74, 6) is -1.86. The number of carbonyl (C=O) groups is 1. The summed E-state index contributed by atoms with van der Waals surface area (Å²) < 4.78 is 62.3. The van der Waals surface area contributed by atoms with E-state index in [0.29, 0.717) is 24.9 Å². The predicted octanol–water partition coefficient (Wildman–Crippen LogP) is 4.96. The third-order valence-corrected chi connectivity index (χ3v) is 8.04. The molecule has 1 aliphatic heterocycles. The molecule has 3 aromatic heterocycles. The Morgan fingerprint density at radius 3 is 2.63 bits per heavy atom. The molecular formula is C28H30F2N6O4S. The standard InChI is InChI=1S/C28H30F2N6O4S/c1-28(2,3)40-27(37)35-11-7-10-20(15-35)33-25-23(30)14-31-24(34-25)22-16-36(26-21(22)12-19(29)13-32-26)41(38,39)17-18-8-5-4-6-9-18/h4-6,8-9,12-14,16,20H,7,10-11,15,17H2,1-3H3,(H,31,33,34)/t20-/m0/s1. The molecule has 216 valence electrons. The lowest BCUT2D eigenvalue weighted by atomic mass is 10.1. The SMILES string of the molecule is CC(C)(C)OC(=O)N1CCC[C@H](Nc2nc(-c3cn(S(=O)(=O)Cc4ccccc4)c4ncc(F)cc34)ncc2F)C1. The summed E-state index contributed by atoms with van der Waals surface area (Å²) >= 11 is 0. The average Bonchev–Trinajstić information content (AvgIpc) is 3.29. The largest absolute Gasteiger partial charge is 0.444 e. The van der Waals surface area contributed by atoms with Crippen molar-refractivity contribution < 1.29 is 26.7 Å². The number of ether oxygens (including phenoxy) is 1. The molecule has 0 unspecified atom stereocenters. The molecule has 0 bridgehead atoms. The van der Waals surface area contributed by atoms with Crippen LogP contribution in [0, 0.1) is 11.6 Å². The van der Waals surface area contributed by atoms with Crippen LogP contribution in [0.15, 0.2) is 55.0 Å². The van der Waals surface area contributed by atoms with E-state index in [4.69, 9.17) is 4.74 Å². The molecule has 1 atom stereocenters. The highest BCUT2D eigenvalue weighted by molar-refractivity contribution is 7.89. The van der Waals surface area contributed by atoms with Gasteiger partial charge in [0, 0.05) is 36.3 Å². The summed E-state index contributed by atoms with van der Waals surface area (Å²) in [6.45, 7) is 6.15. The number of amides is 1. The van der Waals surface area contributed by atoms with Crippen LogP contribution in [0.2, 0.25) is 0 Å². The Balaban J connectivity index is 1.46. The van der Waals surface area contributed by atoms with Gasteiger partial charge >= 0.3 is 6.09 Å². The van der Waals surface area contributed by atoms with Crippen molar-refractivity contribution in [3.8, 4) is 11.4 Å². The topological polar surface area (TPSA) is 119 Å². The smallest absolute Gasteiger partial charge is 0.410 e. The van der Waals surface area contributed by atoms with Crippen molar-refractivity contribution in [1.29, 1.82) is 0 Å². The van der Waals surface area contributed by atoms with Crippen molar-refractivity contribution in [3.63, 3.8) is 0 Å². The van der Waals surface area contributed by atoms with Gasteiger partial charge in [0.1, 0.15) is 11.4 Å². The van der Waals surface area contributed by atoms with Crippen LogP contribution in [0.5, 0.6) is 0 Å². The highest BCUT2D eigenvalue weighted by Gasteiger charge is 2.29. The Morgan fingerprint density at radius 1 is 1.15 bits per heavy atom. The normalized spacial score (nSPS) is 16.1. The molecule has 41 heavy (non-hydrogen) atoms. The quantitative estimate of drug-likeness (QED) is 0.338. The van der Waals surface area contributed by atoms with Gasteiger partial charge in [0.05, 0.1) is 18.1 Å². The molecule has 1 aromatic carbocycles. The lowest BCUT2D eigenvalue weighted by molar-refractivity contribution is 0.0206. The first-order valence-corrected chi connectivity index (χ1v) is 14.7. The molecule has 10 nitrogen and oxygen atoms in total. The minimum atomic E-state index is -3.97. The van der Waals surface area contributed by atoms with E-state index in [1.54, 1.807) is 56.0 Å². The average molecular weight is 585 g/mol. The number of nitrogens with zero attached hydrogens (tertiary/aromatic N) is 5. The molecule has 13 heteroatoms. The van der Waals surface area contributed by atoms with Crippen molar-refractivity contribution in [2.24, 2.45) is 0 Å². The van der Waals surface area contributed by atoms with Gasteiger partial charge < -0.3 is 15.0 Å². The number of halogens is 2. The molecule has 1 saturated heterocycles. The number of piperidine rings is 1. The van der Waals surface area contributed by atoms with Crippen LogP contribution < -0.4 is 5.32 Å². The van der Waals surface area contributed by atoms with Crippen molar-refractivity contribution in [2.75, 3.05) is 18.4 Å². The summed E-state index contributed by atoms with van der Waals surface area (Å²) in [4.78, 5) is 26.6. The second-order valence-corrected chi connectivity index (χ2v) is 12.8. The number of benzene rings is 1. The maximum Gasteiger partial charge on any atom is 0.410 e. The second-order valence-electron chi connectivity index (χ2n) is 10.9. The van der Waals surface area contributed by atoms with Crippen LogP contribution in [-0.2, 0) is 20.5 Å². The third-order valence-electron chi connectivity index (χ3n) is 6.47. The summed E-state index contributed by atoms with van der Waals surface area (Å²) in [5, 5.41) is 3.21. The third kappa shape index (κ3) is 6.45. The molecule has 1 amide bonds. The van der Waals surface area contributed by atoms with Gasteiger partial charge in [-0.05, 0) is 45.2 Å². The highest BCUT2D eigenvalue weighted by Crippen LogP contribution is 2.31. The number of nitrogens with one attached hydrogen (secondary N) is 1. The Kier molecular flexibility index (Phi) is 7.64. The minimum absolute atomic E-state index is 0.0000448. The van der Waals surface area contributed by atoms with Gasteiger partial charge in [-0.15, -0.1) is 0 Å². The lowest BCUT2D eigenvalue weighted by Crippen LogP contribution is -2.47. The molecule has 0 radical (unpaired) electrons. The Bertz CT molecular complexity index is 1690. The van der Waals surface area contributed by atoms with Gasteiger partial charge in [0.25, 0.3) is 0 Å². The molecule has 1 aliphatic rings. The molecule has 0 aliphatic carbocycles. The first-order valence-electron chi connectivity index (χ1n) is 13.1. The molecule has 4 heterocycles. The lowest BCUT2D eigenvalue weighted by Gasteiger charge is -2.34. The summed E-state index contributed by atoms with van der Waals surface area (Å²) in [5.41, 5.74) is 0.0916. The first kappa shape index (κ1) is 28.4. The first-order chi connectivity index (χ1) is 19.4. The zero-order chi connectivity index (χ0) is 29.4. The molecule has 0 spiro atoms. The maximum absolute atomic E-state index is 14.9. The number of hydrogen-bond acceptors (Lipinski definition) is 8. The number of hydrogen-bond donors (Lipinski definition) is 1. The fourth-order valence-electron chi connectivity index (χ4n) is 4.68. The number of rotatable bonds is 6. The van der Waals surface area contributed by atoms with Gasteiger partial charge in [-0.25, -0.2) is 40.9 Å². The number of anilines is 1. The number of fused-ring (bicyclic) bond motifs is 1. The zero-order valence-electron chi connectivity index (χ0n) is 22.8. The van der Waals surface area contributed by atoms with E-state index in [0.717, 1.165) is 22.4 Å². The molecule has 4 aromatic rings. The monoisotopic (exact) mass is 584 g/mol. The maximum atomic E-state index is 14.9. The fraction of sp³-hybridized carbons (Fsp3) is 0.357. The zero-order valence-corrected chi connectivity index (χ0v) is 23.7. The molecule has 1 N–H and O–H groups in total. The van der Waals surface area contributed by atoms with Crippen LogP contribution in [0.3, 0.4) is 0 Å². The van der Waals surface area contributed by atoms with Crippen molar-refractivity contribution in [3.05, 3.63) is 72.2 Å². The van der Waals surface area contributed by atoms with Gasteiger partial charge in [0.2, 0.25) is 10.0 Å². The summed E-state index contributed by atoms with van der Waals surface area (Å²) in [6, 6.07) is 9.45. The molecule has 5 rings (SSSR count). The van der Waals surface area contributed by atoms with Gasteiger partial charge in [-0.2, -0.15) is 0 Å². The van der Waals surface area contributed by atoms with Crippen LogP contribution in [0.4, 0.5) is 19.4 Å². The van der Waals surface area contributed by atoms with Crippen LogP contribution >= 0.6 is 0 Å². The van der Waals surface area contributed by atoms with Crippen molar-refractivity contribution in [2.45, 2.75) is 51.0 Å². The van der Waals surface area contributed by atoms with E-state index in [9.17, 15) is 22.0 Å². The highest BCUT2D eigenvalue weighted by atomic mass is 32.2. The number of pyridine rings is 1. The number of aromatic nitrogens is 4. The fourth-order valence-corrected chi connectivity index (χ4v) is 6.10. The van der Waals surface area contributed by atoms with Gasteiger partial charge in [-0.1, -0.05) is 30.3 Å². The predicted molar refractivity (Wildman–Crippen MR) is 150 cm³/mol. The van der Waals surface area contributed by atoms with Crippen molar-refractivity contribution in [1.82, 2.24) is 23.8 Å².